The van der Waals surface area contributed by atoms with E-state index in [1.165, 1.54) is 4.88 Å². The first kappa shape index (κ1) is 11.0. The maximum absolute atomic E-state index is 5.27. The molecule has 84 valence electrons. The van der Waals surface area contributed by atoms with Crippen LogP contribution in [-0.2, 0) is 0 Å². The number of methoxy groups -OCH3 is 2. The van der Waals surface area contributed by atoms with Gasteiger partial charge in [0, 0.05) is 0 Å². The average Bonchev–Trinajstić information content (AvgIpc) is 2.74. The van der Waals surface area contributed by atoms with Gasteiger partial charge in [0.15, 0.2) is 11.5 Å². The Kier molecular flexibility index (Phi) is 3.10. The van der Waals surface area contributed by atoms with Crippen LogP contribution in [0.4, 0.5) is 0 Å². The van der Waals surface area contributed by atoms with Gasteiger partial charge in [0.05, 0.1) is 30.3 Å². The molecule has 0 spiro atoms. The molecule has 2 rings (SSSR count). The maximum Gasteiger partial charge on any atom is 0.161 e. The lowest BCUT2D eigenvalue weighted by Gasteiger charge is -2.08. The highest BCUT2D eigenvalue weighted by Gasteiger charge is 2.09. The van der Waals surface area contributed by atoms with Crippen LogP contribution < -0.4 is 9.47 Å². The van der Waals surface area contributed by atoms with Gasteiger partial charge in [0.2, 0.25) is 0 Å². The van der Waals surface area contributed by atoms with Crippen LogP contribution in [0.15, 0.2) is 23.7 Å². The molecule has 0 atom stereocenters. The Hall–Kier alpha value is -1.55. The summed E-state index contributed by atoms with van der Waals surface area (Å²) in [6, 6.07) is 5.90. The van der Waals surface area contributed by atoms with Crippen LogP contribution in [0.25, 0.3) is 10.4 Å². The fourth-order valence-corrected chi connectivity index (χ4v) is 2.36. The van der Waals surface area contributed by atoms with Crippen molar-refractivity contribution in [2.75, 3.05) is 14.2 Å². The van der Waals surface area contributed by atoms with Crippen molar-refractivity contribution in [2.45, 2.75) is 6.92 Å². The summed E-state index contributed by atoms with van der Waals surface area (Å²) in [5, 5.41) is 0. The Balaban J connectivity index is 2.48. The highest BCUT2D eigenvalue weighted by Crippen LogP contribution is 2.34. The summed E-state index contributed by atoms with van der Waals surface area (Å²) in [6.45, 7) is 2.00. The summed E-state index contributed by atoms with van der Waals surface area (Å²) >= 11 is 1.63. The molecular formula is C12H13NO2S. The van der Waals surface area contributed by atoms with Crippen LogP contribution in [0, 0.1) is 6.92 Å². The maximum atomic E-state index is 5.27. The minimum absolute atomic E-state index is 0.743. The van der Waals surface area contributed by atoms with Gasteiger partial charge in [0.1, 0.15) is 0 Å². The van der Waals surface area contributed by atoms with E-state index in [0.717, 1.165) is 22.8 Å². The SMILES string of the molecule is COc1ccc(-c2scnc2C)cc1OC. The Bertz CT molecular complexity index is 494. The Labute approximate surface area is 98.7 Å². The van der Waals surface area contributed by atoms with E-state index in [4.69, 9.17) is 9.47 Å². The number of aryl methyl sites for hydroxylation is 1. The van der Waals surface area contributed by atoms with Crippen LogP contribution in [-0.4, -0.2) is 19.2 Å². The zero-order valence-electron chi connectivity index (χ0n) is 9.48. The highest BCUT2D eigenvalue weighted by atomic mass is 32.1. The topological polar surface area (TPSA) is 31.4 Å². The molecule has 0 unspecified atom stereocenters. The van der Waals surface area contributed by atoms with Gasteiger partial charge in [-0.25, -0.2) is 4.98 Å². The molecule has 1 heterocycles. The molecule has 0 radical (unpaired) electrons. The monoisotopic (exact) mass is 235 g/mol. The Morgan fingerprint density at radius 2 is 1.88 bits per heavy atom. The normalized spacial score (nSPS) is 10.2. The number of hydrogen-bond acceptors (Lipinski definition) is 4. The molecule has 4 heteroatoms. The molecule has 0 aliphatic carbocycles. The zero-order valence-corrected chi connectivity index (χ0v) is 10.3. The van der Waals surface area contributed by atoms with Crippen LogP contribution in [0.5, 0.6) is 11.5 Å². The van der Waals surface area contributed by atoms with E-state index in [2.05, 4.69) is 4.98 Å². The molecule has 1 aromatic heterocycles. The minimum Gasteiger partial charge on any atom is -0.493 e. The van der Waals surface area contributed by atoms with E-state index < -0.39 is 0 Å². The van der Waals surface area contributed by atoms with Gasteiger partial charge in [-0.05, 0) is 30.7 Å². The quantitative estimate of drug-likeness (QED) is 0.819. The Morgan fingerprint density at radius 1 is 1.12 bits per heavy atom. The summed E-state index contributed by atoms with van der Waals surface area (Å²) < 4.78 is 10.5. The minimum atomic E-state index is 0.743. The van der Waals surface area contributed by atoms with E-state index in [-0.39, 0.29) is 0 Å². The van der Waals surface area contributed by atoms with Gasteiger partial charge in [-0.3, -0.25) is 0 Å². The molecule has 1 aromatic carbocycles. The molecule has 0 fully saturated rings. The van der Waals surface area contributed by atoms with Crippen LogP contribution >= 0.6 is 11.3 Å². The molecule has 0 amide bonds. The fourth-order valence-electron chi connectivity index (χ4n) is 1.56. The second kappa shape index (κ2) is 4.53. The number of aromatic nitrogens is 1. The second-order valence-electron chi connectivity index (χ2n) is 3.34. The lowest BCUT2D eigenvalue weighted by molar-refractivity contribution is 0.355. The van der Waals surface area contributed by atoms with Crippen molar-refractivity contribution < 1.29 is 9.47 Å². The number of thiazole rings is 1. The third kappa shape index (κ3) is 1.88. The summed E-state index contributed by atoms with van der Waals surface area (Å²) in [6.07, 6.45) is 0. The predicted molar refractivity (Wildman–Crippen MR) is 65.4 cm³/mol. The van der Waals surface area contributed by atoms with Gasteiger partial charge in [-0.1, -0.05) is 0 Å². The summed E-state index contributed by atoms with van der Waals surface area (Å²) in [5.74, 6) is 1.49. The number of ether oxygens (including phenoxy) is 2. The largest absolute Gasteiger partial charge is 0.493 e. The van der Waals surface area contributed by atoms with Crippen molar-refractivity contribution >= 4 is 11.3 Å². The third-order valence-corrected chi connectivity index (χ3v) is 3.37. The highest BCUT2D eigenvalue weighted by molar-refractivity contribution is 7.13. The standard InChI is InChI=1S/C12H13NO2S/c1-8-12(16-7-13-8)9-4-5-10(14-2)11(6-9)15-3/h4-7H,1-3H3. The van der Waals surface area contributed by atoms with Gasteiger partial charge >= 0.3 is 0 Å². The number of rotatable bonds is 3. The number of hydrogen-bond donors (Lipinski definition) is 0. The van der Waals surface area contributed by atoms with Crippen molar-refractivity contribution in [3.8, 4) is 21.9 Å². The van der Waals surface area contributed by atoms with Crippen molar-refractivity contribution in [1.29, 1.82) is 0 Å². The second-order valence-corrected chi connectivity index (χ2v) is 4.19. The van der Waals surface area contributed by atoms with E-state index in [1.54, 1.807) is 25.6 Å². The summed E-state index contributed by atoms with van der Waals surface area (Å²) in [7, 11) is 3.27. The van der Waals surface area contributed by atoms with Crippen molar-refractivity contribution in [2.24, 2.45) is 0 Å². The van der Waals surface area contributed by atoms with Crippen molar-refractivity contribution in [3.05, 3.63) is 29.4 Å². The van der Waals surface area contributed by atoms with Crippen LogP contribution in [0.3, 0.4) is 0 Å². The zero-order chi connectivity index (χ0) is 11.5. The number of benzene rings is 1. The molecule has 0 bridgehead atoms. The fraction of sp³-hybridized carbons (Fsp3) is 0.250. The Morgan fingerprint density at radius 3 is 2.44 bits per heavy atom. The molecule has 0 aliphatic rings. The molecule has 0 saturated heterocycles. The summed E-state index contributed by atoms with van der Waals surface area (Å²) in [4.78, 5) is 5.41. The predicted octanol–water partition coefficient (Wildman–Crippen LogP) is 3.14. The lowest BCUT2D eigenvalue weighted by atomic mass is 10.1. The first-order valence-corrected chi connectivity index (χ1v) is 5.76. The molecule has 3 nitrogen and oxygen atoms in total. The molecule has 0 N–H and O–H groups in total. The molecular weight excluding hydrogens is 222 g/mol. The van der Waals surface area contributed by atoms with Gasteiger partial charge < -0.3 is 9.47 Å². The van der Waals surface area contributed by atoms with Crippen LogP contribution in [0.2, 0.25) is 0 Å². The van der Waals surface area contributed by atoms with Gasteiger partial charge in [0.25, 0.3) is 0 Å². The summed E-state index contributed by atoms with van der Waals surface area (Å²) in [5.41, 5.74) is 4.00. The lowest BCUT2D eigenvalue weighted by Crippen LogP contribution is -1.90. The average molecular weight is 235 g/mol. The van der Waals surface area contributed by atoms with Gasteiger partial charge in [-0.15, -0.1) is 11.3 Å². The first-order chi connectivity index (χ1) is 7.76. The van der Waals surface area contributed by atoms with Crippen molar-refractivity contribution in [3.63, 3.8) is 0 Å². The molecule has 0 saturated carbocycles. The molecule has 2 aromatic rings. The van der Waals surface area contributed by atoms with E-state index in [0.29, 0.717) is 0 Å². The smallest absolute Gasteiger partial charge is 0.161 e. The third-order valence-electron chi connectivity index (χ3n) is 2.39. The van der Waals surface area contributed by atoms with E-state index in [1.807, 2.05) is 30.6 Å². The van der Waals surface area contributed by atoms with E-state index in [9.17, 15) is 0 Å². The van der Waals surface area contributed by atoms with Crippen molar-refractivity contribution in [1.82, 2.24) is 4.98 Å². The van der Waals surface area contributed by atoms with E-state index >= 15 is 0 Å². The van der Waals surface area contributed by atoms with Crippen LogP contribution in [0.1, 0.15) is 5.69 Å². The first-order valence-electron chi connectivity index (χ1n) is 4.88. The van der Waals surface area contributed by atoms with Gasteiger partial charge in [-0.2, -0.15) is 0 Å². The molecule has 0 aliphatic heterocycles. The molecule has 16 heavy (non-hydrogen) atoms. The number of nitrogens with zero attached hydrogens (tertiary/aromatic N) is 1.